The monoisotopic (exact) mass is 334 g/mol. The molecule has 132 valence electrons. The van der Waals surface area contributed by atoms with E-state index in [2.05, 4.69) is 25.7 Å². The van der Waals surface area contributed by atoms with Crippen LogP contribution in [0.4, 0.5) is 0 Å². The molecule has 24 heavy (non-hydrogen) atoms. The molecule has 3 aliphatic rings. The summed E-state index contributed by atoms with van der Waals surface area (Å²) in [6.45, 7) is 5.46. The van der Waals surface area contributed by atoms with Gasteiger partial charge in [-0.05, 0) is 49.7 Å². The number of amides is 1. The molecule has 0 unspecified atom stereocenters. The number of carbonyl (C=O) groups excluding carboxylic acids is 1. The van der Waals surface area contributed by atoms with Gasteiger partial charge in [0.15, 0.2) is 0 Å². The summed E-state index contributed by atoms with van der Waals surface area (Å²) in [5, 5.41) is 14.6. The Morgan fingerprint density at radius 2 is 2.17 bits per heavy atom. The maximum atomic E-state index is 12.4. The second kappa shape index (κ2) is 6.76. The number of carbonyl (C=O) groups is 1. The van der Waals surface area contributed by atoms with Gasteiger partial charge in [0.25, 0.3) is 0 Å². The summed E-state index contributed by atoms with van der Waals surface area (Å²) in [5.74, 6) is 1.31. The summed E-state index contributed by atoms with van der Waals surface area (Å²) in [7, 11) is 0. The van der Waals surface area contributed by atoms with Crippen molar-refractivity contribution >= 4 is 5.91 Å². The van der Waals surface area contributed by atoms with E-state index in [0.29, 0.717) is 31.0 Å². The summed E-state index contributed by atoms with van der Waals surface area (Å²) in [4.78, 5) is 15.0. The maximum absolute atomic E-state index is 12.4. The molecular weight excluding hydrogens is 308 g/mol. The minimum absolute atomic E-state index is 0.0854. The molecule has 0 bridgehead atoms. The molecule has 8 heteroatoms. The van der Waals surface area contributed by atoms with Crippen LogP contribution in [-0.4, -0.2) is 68.9 Å². The maximum Gasteiger partial charge on any atom is 0.222 e. The minimum atomic E-state index is 0.0854. The number of piperidine rings is 1. The van der Waals surface area contributed by atoms with E-state index in [1.165, 1.54) is 19.3 Å². The smallest absolute Gasteiger partial charge is 0.222 e. The van der Waals surface area contributed by atoms with Crippen molar-refractivity contribution in [3.63, 3.8) is 0 Å². The molecule has 1 amide bonds. The highest BCUT2D eigenvalue weighted by molar-refractivity contribution is 5.76. The molecule has 8 nitrogen and oxygen atoms in total. The number of aryl methyl sites for hydroxylation is 2. The number of rotatable bonds is 5. The molecule has 2 aliphatic heterocycles. The fourth-order valence-corrected chi connectivity index (χ4v) is 4.44. The molecule has 1 aromatic rings. The van der Waals surface area contributed by atoms with E-state index in [1.54, 1.807) is 4.68 Å². The first kappa shape index (κ1) is 16.0. The van der Waals surface area contributed by atoms with Gasteiger partial charge in [0.2, 0.25) is 5.91 Å². The summed E-state index contributed by atoms with van der Waals surface area (Å²) in [6.07, 6.45) is 5.62. The van der Waals surface area contributed by atoms with E-state index in [9.17, 15) is 4.79 Å². The number of hydrogen-bond donors (Lipinski definition) is 1. The van der Waals surface area contributed by atoms with Gasteiger partial charge in [0.05, 0.1) is 24.7 Å². The van der Waals surface area contributed by atoms with Crippen LogP contribution in [0.2, 0.25) is 0 Å². The van der Waals surface area contributed by atoms with Crippen molar-refractivity contribution in [2.24, 2.45) is 5.92 Å². The van der Waals surface area contributed by atoms with Crippen molar-refractivity contribution in [3.8, 4) is 0 Å². The van der Waals surface area contributed by atoms with Gasteiger partial charge in [-0.1, -0.05) is 6.42 Å². The number of likely N-dealkylation sites (tertiary alicyclic amines) is 1. The predicted octanol–water partition coefficient (Wildman–Crippen LogP) is 0.130. The average molecular weight is 334 g/mol. The standard InChI is InChI=1S/C16H26N6O2/c1-11-18-19-20-22(11)9-5-13(23)17-14-12-6-10-24-16(12)15(14)21-7-3-2-4-8-21/h12,14-16H,2-10H2,1H3,(H,17,23)/t12-,14+,15-,16-/m1/s1. The third-order valence-corrected chi connectivity index (χ3v) is 5.75. The van der Waals surface area contributed by atoms with Crippen LogP contribution in [0.5, 0.6) is 0 Å². The Labute approximate surface area is 141 Å². The largest absolute Gasteiger partial charge is 0.376 e. The fraction of sp³-hybridized carbons (Fsp3) is 0.875. The molecule has 2 saturated heterocycles. The molecule has 0 spiro atoms. The van der Waals surface area contributed by atoms with Gasteiger partial charge in [0.1, 0.15) is 5.82 Å². The molecule has 4 rings (SSSR count). The van der Waals surface area contributed by atoms with Gasteiger partial charge in [-0.15, -0.1) is 5.10 Å². The molecule has 0 aromatic carbocycles. The number of tetrazole rings is 1. The lowest BCUT2D eigenvalue weighted by Gasteiger charge is -2.53. The van der Waals surface area contributed by atoms with Gasteiger partial charge < -0.3 is 10.1 Å². The second-order valence-corrected chi connectivity index (χ2v) is 7.17. The Kier molecular flexibility index (Phi) is 4.49. The van der Waals surface area contributed by atoms with Gasteiger partial charge in [-0.3, -0.25) is 9.69 Å². The second-order valence-electron chi connectivity index (χ2n) is 7.17. The summed E-state index contributed by atoms with van der Waals surface area (Å²) in [5.41, 5.74) is 0. The van der Waals surface area contributed by atoms with Crippen LogP contribution < -0.4 is 5.32 Å². The van der Waals surface area contributed by atoms with Crippen molar-refractivity contribution in [1.82, 2.24) is 30.4 Å². The molecule has 1 aromatic heterocycles. The van der Waals surface area contributed by atoms with Gasteiger partial charge in [-0.25, -0.2) is 4.68 Å². The lowest BCUT2D eigenvalue weighted by molar-refractivity contribution is -0.130. The average Bonchev–Trinajstić information content (AvgIpc) is 3.18. The minimum Gasteiger partial charge on any atom is -0.376 e. The van der Waals surface area contributed by atoms with E-state index in [-0.39, 0.29) is 11.9 Å². The van der Waals surface area contributed by atoms with Gasteiger partial charge in [-0.2, -0.15) is 0 Å². The summed E-state index contributed by atoms with van der Waals surface area (Å²) < 4.78 is 7.61. The normalized spacial score (nSPS) is 33.0. The van der Waals surface area contributed by atoms with E-state index in [0.717, 1.165) is 31.9 Å². The zero-order valence-electron chi connectivity index (χ0n) is 14.2. The third-order valence-electron chi connectivity index (χ3n) is 5.75. The predicted molar refractivity (Wildman–Crippen MR) is 86.2 cm³/mol. The highest BCUT2D eigenvalue weighted by Gasteiger charge is 2.56. The highest BCUT2D eigenvalue weighted by Crippen LogP contribution is 2.42. The first-order chi connectivity index (χ1) is 11.7. The SMILES string of the molecule is Cc1nnnn1CCC(=O)N[C@H]1[C@H]2CCO[C@H]2[C@@H]1N1CCCCC1. The number of nitrogens with one attached hydrogen (secondary N) is 1. The lowest BCUT2D eigenvalue weighted by atomic mass is 9.70. The molecule has 1 N–H and O–H groups in total. The van der Waals surface area contributed by atoms with Crippen LogP contribution in [0.15, 0.2) is 0 Å². The van der Waals surface area contributed by atoms with Crippen LogP contribution in [0, 0.1) is 12.8 Å². The number of nitrogens with zero attached hydrogens (tertiary/aromatic N) is 5. The number of hydrogen-bond acceptors (Lipinski definition) is 6. The number of fused-ring (bicyclic) bond motifs is 1. The van der Waals surface area contributed by atoms with Crippen LogP contribution in [0.3, 0.4) is 0 Å². The van der Waals surface area contributed by atoms with E-state index in [4.69, 9.17) is 4.74 Å². The molecule has 3 fully saturated rings. The van der Waals surface area contributed by atoms with Crippen molar-refractivity contribution in [2.75, 3.05) is 19.7 Å². The van der Waals surface area contributed by atoms with Gasteiger partial charge >= 0.3 is 0 Å². The van der Waals surface area contributed by atoms with Crippen molar-refractivity contribution in [2.45, 2.75) is 63.8 Å². The molecule has 4 atom stereocenters. The molecule has 1 aliphatic carbocycles. The summed E-state index contributed by atoms with van der Waals surface area (Å²) in [6, 6.07) is 0.592. The first-order valence-corrected chi connectivity index (χ1v) is 9.12. The Bertz CT molecular complexity index is 585. The molecular formula is C16H26N6O2. The third kappa shape index (κ3) is 2.93. The zero-order valence-corrected chi connectivity index (χ0v) is 14.2. The highest BCUT2D eigenvalue weighted by atomic mass is 16.5. The van der Waals surface area contributed by atoms with Crippen LogP contribution in [0.25, 0.3) is 0 Å². The van der Waals surface area contributed by atoms with Crippen molar-refractivity contribution in [1.29, 1.82) is 0 Å². The number of aromatic nitrogens is 4. The Balaban J connectivity index is 1.35. The lowest BCUT2D eigenvalue weighted by Crippen LogP contribution is -2.71. The number of ether oxygens (including phenoxy) is 1. The zero-order chi connectivity index (χ0) is 16.5. The van der Waals surface area contributed by atoms with E-state index < -0.39 is 0 Å². The Morgan fingerprint density at radius 1 is 1.33 bits per heavy atom. The Morgan fingerprint density at radius 3 is 2.92 bits per heavy atom. The van der Waals surface area contributed by atoms with E-state index in [1.807, 2.05) is 6.92 Å². The fourth-order valence-electron chi connectivity index (χ4n) is 4.44. The quantitative estimate of drug-likeness (QED) is 0.824. The molecule has 0 radical (unpaired) electrons. The van der Waals surface area contributed by atoms with Gasteiger partial charge in [0, 0.05) is 18.9 Å². The molecule has 3 heterocycles. The topological polar surface area (TPSA) is 85.2 Å². The van der Waals surface area contributed by atoms with Crippen LogP contribution in [0.1, 0.15) is 37.9 Å². The van der Waals surface area contributed by atoms with Crippen molar-refractivity contribution < 1.29 is 9.53 Å². The summed E-state index contributed by atoms with van der Waals surface area (Å²) >= 11 is 0. The molecule has 1 saturated carbocycles. The van der Waals surface area contributed by atoms with Crippen molar-refractivity contribution in [3.05, 3.63) is 5.82 Å². The van der Waals surface area contributed by atoms with E-state index >= 15 is 0 Å². The van der Waals surface area contributed by atoms with Crippen LogP contribution >= 0.6 is 0 Å². The first-order valence-electron chi connectivity index (χ1n) is 9.12. The van der Waals surface area contributed by atoms with Crippen LogP contribution in [-0.2, 0) is 16.1 Å². The Hall–Kier alpha value is -1.54.